The maximum atomic E-state index is 12.9. The smallest absolute Gasteiger partial charge is 0.420 e. The van der Waals surface area contributed by atoms with Crippen LogP contribution in [0.2, 0.25) is 0 Å². The van der Waals surface area contributed by atoms with Gasteiger partial charge in [0.05, 0.1) is 18.5 Å². The molecule has 3 aromatic carbocycles. The van der Waals surface area contributed by atoms with Crippen LogP contribution in [0.4, 0.5) is 16.2 Å². The number of hydrogen-bond donors (Lipinski definition) is 2. The van der Waals surface area contributed by atoms with Crippen molar-refractivity contribution in [2.75, 3.05) is 17.3 Å². The Morgan fingerprint density at radius 2 is 1.60 bits per heavy atom. The lowest BCUT2D eigenvalue weighted by Gasteiger charge is -2.23. The molecule has 7 heteroatoms. The molecule has 0 aliphatic rings. The summed E-state index contributed by atoms with van der Waals surface area (Å²) in [7, 11) is 1.24. The molecule has 3 N–H and O–H groups in total. The van der Waals surface area contributed by atoms with E-state index in [0.717, 1.165) is 10.5 Å². The predicted octanol–water partition coefficient (Wildman–Crippen LogP) is 4.35. The molecule has 0 unspecified atom stereocenters. The summed E-state index contributed by atoms with van der Waals surface area (Å²) in [6, 6.07) is 23.7. The molecule has 1 amide bonds. The summed E-state index contributed by atoms with van der Waals surface area (Å²) >= 11 is 5.07. The van der Waals surface area contributed by atoms with Crippen LogP contribution in [0.5, 0.6) is 0 Å². The van der Waals surface area contributed by atoms with E-state index in [-0.39, 0.29) is 10.9 Å². The van der Waals surface area contributed by atoms with Crippen LogP contribution in [0.15, 0.2) is 78.9 Å². The van der Waals surface area contributed by atoms with E-state index in [2.05, 4.69) is 5.32 Å². The number of ketones is 1. The standard InChI is InChI=1S/C23H21N3O3S/c1-29-23(28)26(22(24)30)20-14-18(21(27)17-10-6-3-7-11-17)12-13-19(20)25-15-16-8-4-2-5-9-16/h2-14,25H,15H2,1H3,(H2,24,30). The molecule has 0 aliphatic heterocycles. The van der Waals surface area contributed by atoms with Crippen LogP contribution in [0.1, 0.15) is 21.5 Å². The van der Waals surface area contributed by atoms with Gasteiger partial charge in [-0.15, -0.1) is 0 Å². The number of carbonyl (C=O) groups is 2. The summed E-state index contributed by atoms with van der Waals surface area (Å²) < 4.78 is 4.84. The van der Waals surface area contributed by atoms with Gasteiger partial charge in [-0.1, -0.05) is 60.7 Å². The average Bonchev–Trinajstić information content (AvgIpc) is 2.78. The highest BCUT2D eigenvalue weighted by Gasteiger charge is 2.24. The maximum absolute atomic E-state index is 12.9. The van der Waals surface area contributed by atoms with Crippen molar-refractivity contribution in [1.29, 1.82) is 0 Å². The molecular formula is C23H21N3O3S. The number of amides is 1. The van der Waals surface area contributed by atoms with Crippen LogP contribution in [-0.4, -0.2) is 24.1 Å². The third-order valence-electron chi connectivity index (χ3n) is 4.44. The van der Waals surface area contributed by atoms with Crippen molar-refractivity contribution in [2.24, 2.45) is 5.73 Å². The molecule has 0 saturated heterocycles. The van der Waals surface area contributed by atoms with Crippen LogP contribution in [0.25, 0.3) is 0 Å². The Balaban J connectivity index is 2.01. The lowest BCUT2D eigenvalue weighted by molar-refractivity contribution is 0.103. The number of rotatable bonds is 6. The first kappa shape index (κ1) is 21.0. The number of nitrogens with zero attached hydrogens (tertiary/aromatic N) is 1. The highest BCUT2D eigenvalue weighted by molar-refractivity contribution is 7.80. The minimum absolute atomic E-state index is 0.181. The van der Waals surface area contributed by atoms with Gasteiger partial charge in [0, 0.05) is 17.7 Å². The van der Waals surface area contributed by atoms with E-state index in [4.69, 9.17) is 22.7 Å². The monoisotopic (exact) mass is 419 g/mol. The van der Waals surface area contributed by atoms with E-state index in [9.17, 15) is 9.59 Å². The molecule has 30 heavy (non-hydrogen) atoms. The normalized spacial score (nSPS) is 10.2. The average molecular weight is 420 g/mol. The van der Waals surface area contributed by atoms with Crippen molar-refractivity contribution >= 4 is 40.6 Å². The number of anilines is 2. The fraction of sp³-hybridized carbons (Fsp3) is 0.0870. The van der Waals surface area contributed by atoms with Crippen LogP contribution in [0.3, 0.4) is 0 Å². The number of hydrogen-bond acceptors (Lipinski definition) is 5. The molecule has 3 rings (SSSR count). The number of methoxy groups -OCH3 is 1. The Labute approximate surface area is 180 Å². The van der Waals surface area contributed by atoms with Gasteiger partial charge in [0.15, 0.2) is 10.9 Å². The summed E-state index contributed by atoms with van der Waals surface area (Å²) in [5.74, 6) is -0.181. The zero-order valence-electron chi connectivity index (χ0n) is 16.4. The number of thiocarbonyl (C=S) groups is 1. The van der Waals surface area contributed by atoms with Gasteiger partial charge in [-0.3, -0.25) is 4.79 Å². The Bertz CT molecular complexity index is 1060. The van der Waals surface area contributed by atoms with E-state index in [1.165, 1.54) is 7.11 Å². The molecule has 0 atom stereocenters. The topological polar surface area (TPSA) is 84.7 Å². The summed E-state index contributed by atoms with van der Waals surface area (Å²) in [6.45, 7) is 0.506. The van der Waals surface area contributed by atoms with Crippen LogP contribution in [0, 0.1) is 0 Å². The molecule has 0 aromatic heterocycles. The molecule has 152 valence electrons. The quantitative estimate of drug-likeness (QED) is 0.457. The van der Waals surface area contributed by atoms with Gasteiger partial charge in [0.1, 0.15) is 0 Å². The van der Waals surface area contributed by atoms with Gasteiger partial charge in [0.2, 0.25) is 0 Å². The first-order valence-corrected chi connectivity index (χ1v) is 9.61. The lowest BCUT2D eigenvalue weighted by Crippen LogP contribution is -2.41. The fourth-order valence-corrected chi connectivity index (χ4v) is 3.13. The first-order valence-electron chi connectivity index (χ1n) is 9.20. The number of carbonyl (C=O) groups excluding carboxylic acids is 2. The predicted molar refractivity (Wildman–Crippen MR) is 122 cm³/mol. The van der Waals surface area contributed by atoms with Crippen molar-refractivity contribution in [1.82, 2.24) is 0 Å². The number of benzene rings is 3. The number of ether oxygens (including phenoxy) is 1. The molecule has 0 saturated carbocycles. The van der Waals surface area contributed by atoms with Gasteiger partial charge in [-0.25, -0.2) is 9.69 Å². The number of nitrogens with two attached hydrogens (primary N) is 1. The molecule has 0 heterocycles. The molecule has 0 fully saturated rings. The third kappa shape index (κ3) is 4.82. The molecular weight excluding hydrogens is 398 g/mol. The van der Waals surface area contributed by atoms with Crippen molar-refractivity contribution < 1.29 is 14.3 Å². The zero-order chi connectivity index (χ0) is 21.5. The Morgan fingerprint density at radius 1 is 0.967 bits per heavy atom. The largest absolute Gasteiger partial charge is 0.452 e. The minimum atomic E-state index is -0.741. The first-order chi connectivity index (χ1) is 14.5. The molecule has 0 spiro atoms. The molecule has 6 nitrogen and oxygen atoms in total. The second-order valence-electron chi connectivity index (χ2n) is 6.41. The van der Waals surface area contributed by atoms with Crippen molar-refractivity contribution in [2.45, 2.75) is 6.54 Å². The fourth-order valence-electron chi connectivity index (χ4n) is 2.96. The van der Waals surface area contributed by atoms with E-state index in [1.807, 2.05) is 36.4 Å². The Kier molecular flexibility index (Phi) is 6.77. The summed E-state index contributed by atoms with van der Waals surface area (Å²) in [4.78, 5) is 26.3. The summed E-state index contributed by atoms with van der Waals surface area (Å²) in [5.41, 5.74) is 8.71. The van der Waals surface area contributed by atoms with Gasteiger partial charge >= 0.3 is 6.09 Å². The van der Waals surface area contributed by atoms with E-state index in [1.54, 1.807) is 42.5 Å². The summed E-state index contributed by atoms with van der Waals surface area (Å²) in [6.07, 6.45) is -0.741. The highest BCUT2D eigenvalue weighted by atomic mass is 32.1. The minimum Gasteiger partial charge on any atom is -0.452 e. The van der Waals surface area contributed by atoms with E-state index in [0.29, 0.717) is 29.0 Å². The van der Waals surface area contributed by atoms with Crippen molar-refractivity contribution in [3.05, 3.63) is 95.6 Å². The van der Waals surface area contributed by atoms with E-state index >= 15 is 0 Å². The maximum Gasteiger partial charge on any atom is 0.420 e. The molecule has 0 radical (unpaired) electrons. The molecule has 3 aromatic rings. The Hall–Kier alpha value is -3.71. The SMILES string of the molecule is COC(=O)N(C(N)=S)c1cc(C(=O)c2ccccc2)ccc1NCc1ccccc1. The Morgan fingerprint density at radius 3 is 2.20 bits per heavy atom. The second kappa shape index (κ2) is 9.67. The summed E-state index contributed by atoms with van der Waals surface area (Å²) in [5, 5.41) is 3.09. The van der Waals surface area contributed by atoms with Gasteiger partial charge in [0.25, 0.3) is 0 Å². The van der Waals surface area contributed by atoms with Gasteiger partial charge in [-0.2, -0.15) is 0 Å². The number of nitrogens with one attached hydrogen (secondary N) is 1. The van der Waals surface area contributed by atoms with Crippen LogP contribution < -0.4 is 16.0 Å². The van der Waals surface area contributed by atoms with E-state index < -0.39 is 6.09 Å². The van der Waals surface area contributed by atoms with Crippen LogP contribution in [-0.2, 0) is 11.3 Å². The van der Waals surface area contributed by atoms with Gasteiger partial charge in [-0.05, 0) is 36.0 Å². The van der Waals surface area contributed by atoms with Crippen molar-refractivity contribution in [3.63, 3.8) is 0 Å². The highest BCUT2D eigenvalue weighted by Crippen LogP contribution is 2.30. The van der Waals surface area contributed by atoms with Crippen LogP contribution >= 0.6 is 12.2 Å². The van der Waals surface area contributed by atoms with Crippen molar-refractivity contribution in [3.8, 4) is 0 Å². The molecule has 0 bridgehead atoms. The lowest BCUT2D eigenvalue weighted by atomic mass is 10.0. The zero-order valence-corrected chi connectivity index (χ0v) is 17.2. The van der Waals surface area contributed by atoms with Gasteiger partial charge < -0.3 is 15.8 Å². The third-order valence-corrected chi connectivity index (χ3v) is 4.62. The molecule has 0 aliphatic carbocycles. The second-order valence-corrected chi connectivity index (χ2v) is 6.83.